The van der Waals surface area contributed by atoms with Crippen LogP contribution in [0.1, 0.15) is 16.7 Å². The van der Waals surface area contributed by atoms with Gasteiger partial charge < -0.3 is 10.1 Å². The molecule has 0 fully saturated rings. The van der Waals surface area contributed by atoms with Gasteiger partial charge >= 0.3 is 0 Å². The van der Waals surface area contributed by atoms with E-state index in [1.165, 1.54) is 17.7 Å². The van der Waals surface area contributed by atoms with Gasteiger partial charge in [0.05, 0.1) is 4.92 Å². The summed E-state index contributed by atoms with van der Waals surface area (Å²) < 4.78 is 5.86. The van der Waals surface area contributed by atoms with Gasteiger partial charge in [0, 0.05) is 24.4 Å². The van der Waals surface area contributed by atoms with Gasteiger partial charge in [0.15, 0.2) is 0 Å². The smallest absolute Gasteiger partial charge is 0.269 e. The number of non-ortho nitro benzene ring substituents is 1. The zero-order valence-corrected chi connectivity index (χ0v) is 14.5. The molecule has 3 aromatic carbocycles. The third kappa shape index (κ3) is 4.83. The van der Waals surface area contributed by atoms with Gasteiger partial charge in [-0.1, -0.05) is 42.0 Å². The second kappa shape index (κ2) is 8.16. The van der Waals surface area contributed by atoms with E-state index in [2.05, 4.69) is 36.5 Å². The molecule has 0 aromatic heterocycles. The molecule has 0 radical (unpaired) electrons. The molecule has 3 aromatic rings. The zero-order chi connectivity index (χ0) is 18.4. The molecule has 5 heteroatoms. The number of hydrogen-bond acceptors (Lipinski definition) is 4. The molecule has 0 amide bonds. The van der Waals surface area contributed by atoms with Crippen molar-refractivity contribution < 1.29 is 9.66 Å². The predicted octanol–water partition coefficient (Wildman–Crippen LogP) is 5.09. The summed E-state index contributed by atoms with van der Waals surface area (Å²) >= 11 is 0. The van der Waals surface area contributed by atoms with E-state index in [0.29, 0.717) is 13.2 Å². The van der Waals surface area contributed by atoms with Gasteiger partial charge in [-0.2, -0.15) is 0 Å². The molecule has 132 valence electrons. The number of rotatable bonds is 7. The van der Waals surface area contributed by atoms with Crippen LogP contribution in [0.2, 0.25) is 0 Å². The van der Waals surface area contributed by atoms with Crippen molar-refractivity contribution in [2.24, 2.45) is 0 Å². The number of anilines is 1. The van der Waals surface area contributed by atoms with Gasteiger partial charge in [-0.15, -0.1) is 0 Å². The van der Waals surface area contributed by atoms with Crippen LogP contribution in [0.4, 0.5) is 11.4 Å². The van der Waals surface area contributed by atoms with Crippen LogP contribution in [-0.4, -0.2) is 4.92 Å². The number of aryl methyl sites for hydroxylation is 1. The van der Waals surface area contributed by atoms with Crippen LogP contribution >= 0.6 is 0 Å². The van der Waals surface area contributed by atoms with Crippen LogP contribution in [0.25, 0.3) is 0 Å². The minimum Gasteiger partial charge on any atom is -0.489 e. The molecule has 0 atom stereocenters. The molecule has 0 aliphatic carbocycles. The van der Waals surface area contributed by atoms with E-state index >= 15 is 0 Å². The van der Waals surface area contributed by atoms with Gasteiger partial charge in [0.1, 0.15) is 12.4 Å². The lowest BCUT2D eigenvalue weighted by Crippen LogP contribution is -2.01. The maximum absolute atomic E-state index is 10.7. The number of hydrogen-bond donors (Lipinski definition) is 1. The van der Waals surface area contributed by atoms with Crippen LogP contribution in [0.15, 0.2) is 72.8 Å². The first-order valence-electron chi connectivity index (χ1n) is 8.36. The van der Waals surface area contributed by atoms with E-state index in [-0.39, 0.29) is 5.69 Å². The molecule has 0 saturated heterocycles. The van der Waals surface area contributed by atoms with E-state index in [1.54, 1.807) is 12.1 Å². The van der Waals surface area contributed by atoms with Crippen molar-refractivity contribution in [1.29, 1.82) is 0 Å². The van der Waals surface area contributed by atoms with Crippen molar-refractivity contribution in [1.82, 2.24) is 0 Å². The van der Waals surface area contributed by atoms with Crippen LogP contribution in [0.5, 0.6) is 5.75 Å². The number of benzene rings is 3. The number of nitro benzene ring substituents is 1. The maximum atomic E-state index is 10.7. The summed E-state index contributed by atoms with van der Waals surface area (Å²) in [6.07, 6.45) is 0. The Hall–Kier alpha value is -3.34. The molecule has 0 heterocycles. The van der Waals surface area contributed by atoms with E-state index in [0.717, 1.165) is 22.6 Å². The van der Waals surface area contributed by atoms with Crippen LogP contribution in [0, 0.1) is 17.0 Å². The average molecular weight is 348 g/mol. The van der Waals surface area contributed by atoms with Crippen molar-refractivity contribution in [2.45, 2.75) is 20.1 Å². The Bertz CT molecular complexity index is 875. The number of nitrogens with zero attached hydrogens (tertiary/aromatic N) is 1. The molecule has 1 N–H and O–H groups in total. The largest absolute Gasteiger partial charge is 0.489 e. The molecule has 0 unspecified atom stereocenters. The fourth-order valence-corrected chi connectivity index (χ4v) is 2.50. The lowest BCUT2D eigenvalue weighted by molar-refractivity contribution is -0.384. The quantitative estimate of drug-likeness (QED) is 0.477. The van der Waals surface area contributed by atoms with E-state index in [9.17, 15) is 10.1 Å². The Kier molecular flexibility index (Phi) is 5.49. The van der Waals surface area contributed by atoms with Crippen molar-refractivity contribution in [2.75, 3.05) is 5.32 Å². The first-order valence-corrected chi connectivity index (χ1v) is 8.36. The van der Waals surface area contributed by atoms with Crippen LogP contribution in [0.3, 0.4) is 0 Å². The van der Waals surface area contributed by atoms with Gasteiger partial charge in [-0.05, 0) is 42.3 Å². The third-order valence-corrected chi connectivity index (χ3v) is 4.00. The molecule has 0 spiro atoms. The molecular formula is C21H20N2O3. The Morgan fingerprint density at radius 1 is 0.962 bits per heavy atom. The summed E-state index contributed by atoms with van der Waals surface area (Å²) in [5, 5.41) is 13.9. The van der Waals surface area contributed by atoms with Crippen LogP contribution < -0.4 is 10.1 Å². The Morgan fingerprint density at radius 2 is 1.69 bits per heavy atom. The second-order valence-corrected chi connectivity index (χ2v) is 6.08. The molecular weight excluding hydrogens is 328 g/mol. The molecule has 0 saturated carbocycles. The molecule has 26 heavy (non-hydrogen) atoms. The summed E-state index contributed by atoms with van der Waals surface area (Å²) in [6.45, 7) is 3.20. The minimum absolute atomic E-state index is 0.0852. The summed E-state index contributed by atoms with van der Waals surface area (Å²) in [4.78, 5) is 10.3. The normalized spacial score (nSPS) is 10.3. The maximum Gasteiger partial charge on any atom is 0.269 e. The fourth-order valence-electron chi connectivity index (χ4n) is 2.50. The highest BCUT2D eigenvalue weighted by Crippen LogP contribution is 2.19. The number of nitro groups is 1. The van der Waals surface area contributed by atoms with Crippen molar-refractivity contribution in [3.63, 3.8) is 0 Å². The topological polar surface area (TPSA) is 64.4 Å². The molecule has 0 aliphatic heterocycles. The minimum atomic E-state index is -0.404. The predicted molar refractivity (Wildman–Crippen MR) is 102 cm³/mol. The highest BCUT2D eigenvalue weighted by molar-refractivity contribution is 5.49. The Balaban J connectivity index is 1.56. The summed E-state index contributed by atoms with van der Waals surface area (Å²) in [7, 11) is 0. The Morgan fingerprint density at radius 3 is 2.38 bits per heavy atom. The summed E-state index contributed by atoms with van der Waals surface area (Å²) in [5.74, 6) is 0.813. The standard InChI is InChI=1S/C21H20N2O3/c1-16-5-7-17(8-6-16)15-26-21-4-2-3-18(13-21)14-22-19-9-11-20(12-10-19)23(24)25/h2-13,22H,14-15H2,1H3. The highest BCUT2D eigenvalue weighted by Gasteiger charge is 2.04. The third-order valence-electron chi connectivity index (χ3n) is 4.00. The number of ether oxygens (including phenoxy) is 1. The molecule has 0 bridgehead atoms. The summed E-state index contributed by atoms with van der Waals surface area (Å²) in [6, 6.07) is 22.6. The molecule has 5 nitrogen and oxygen atoms in total. The molecule has 3 rings (SSSR count). The monoisotopic (exact) mass is 348 g/mol. The lowest BCUT2D eigenvalue weighted by atomic mass is 10.1. The van der Waals surface area contributed by atoms with Crippen molar-refractivity contribution in [3.05, 3.63) is 99.6 Å². The van der Waals surface area contributed by atoms with E-state index in [4.69, 9.17) is 4.74 Å². The highest BCUT2D eigenvalue weighted by atomic mass is 16.6. The second-order valence-electron chi connectivity index (χ2n) is 6.08. The fraction of sp³-hybridized carbons (Fsp3) is 0.143. The first-order chi connectivity index (χ1) is 12.6. The average Bonchev–Trinajstić information content (AvgIpc) is 2.66. The van der Waals surface area contributed by atoms with Crippen LogP contribution in [-0.2, 0) is 13.2 Å². The van der Waals surface area contributed by atoms with Gasteiger partial charge in [0.2, 0.25) is 0 Å². The molecule has 0 aliphatic rings. The zero-order valence-electron chi connectivity index (χ0n) is 14.5. The SMILES string of the molecule is Cc1ccc(COc2cccc(CNc3ccc([N+](=O)[O-])cc3)c2)cc1. The van der Waals surface area contributed by atoms with Gasteiger partial charge in [-0.25, -0.2) is 0 Å². The first kappa shape index (κ1) is 17.5. The van der Waals surface area contributed by atoms with Gasteiger partial charge in [-0.3, -0.25) is 10.1 Å². The Labute approximate surface area is 152 Å². The number of nitrogens with one attached hydrogen (secondary N) is 1. The van der Waals surface area contributed by atoms with Crippen molar-refractivity contribution >= 4 is 11.4 Å². The van der Waals surface area contributed by atoms with Gasteiger partial charge in [0.25, 0.3) is 5.69 Å². The van der Waals surface area contributed by atoms with E-state index in [1.807, 2.05) is 24.3 Å². The lowest BCUT2D eigenvalue weighted by Gasteiger charge is -2.10. The summed E-state index contributed by atoms with van der Waals surface area (Å²) in [5.41, 5.74) is 4.35. The van der Waals surface area contributed by atoms with Crippen molar-refractivity contribution in [3.8, 4) is 5.75 Å². The van der Waals surface area contributed by atoms with E-state index < -0.39 is 4.92 Å².